The first kappa shape index (κ1) is 20.6. The molecule has 6 heteroatoms. The quantitative estimate of drug-likeness (QED) is 0.622. The van der Waals surface area contributed by atoms with Crippen LogP contribution in [0.3, 0.4) is 0 Å². The lowest BCUT2D eigenvalue weighted by atomic mass is 10.0. The number of pyridine rings is 1. The van der Waals surface area contributed by atoms with Crippen LogP contribution >= 0.6 is 11.6 Å². The summed E-state index contributed by atoms with van der Waals surface area (Å²) in [4.78, 5) is 29.7. The normalized spacial score (nSPS) is 12.6. The minimum absolute atomic E-state index is 0.212. The fraction of sp³-hybridized carbons (Fsp3) is 0.174. The van der Waals surface area contributed by atoms with Gasteiger partial charge < -0.3 is 10.6 Å². The molecule has 0 aliphatic carbocycles. The van der Waals surface area contributed by atoms with E-state index in [1.807, 2.05) is 49.4 Å². The van der Waals surface area contributed by atoms with Crippen LogP contribution in [-0.2, 0) is 11.2 Å². The fourth-order valence-electron chi connectivity index (χ4n) is 2.95. The minimum Gasteiger partial charge on any atom is -0.348 e. The molecule has 2 unspecified atom stereocenters. The van der Waals surface area contributed by atoms with E-state index in [-0.39, 0.29) is 17.9 Å². The van der Waals surface area contributed by atoms with Crippen LogP contribution < -0.4 is 10.6 Å². The van der Waals surface area contributed by atoms with Crippen LogP contribution in [0.15, 0.2) is 79.1 Å². The molecule has 0 aliphatic rings. The number of carbonyl (C=O) groups excluding carboxylic acids is 2. The first-order valence-corrected chi connectivity index (χ1v) is 9.71. The second-order valence-corrected chi connectivity index (χ2v) is 7.17. The van der Waals surface area contributed by atoms with Crippen LogP contribution in [0, 0.1) is 0 Å². The zero-order valence-corrected chi connectivity index (χ0v) is 16.8. The molecule has 148 valence electrons. The van der Waals surface area contributed by atoms with Crippen molar-refractivity contribution in [1.29, 1.82) is 0 Å². The number of hydrogen-bond acceptors (Lipinski definition) is 3. The molecule has 3 rings (SSSR count). The smallest absolute Gasteiger partial charge is 0.251 e. The van der Waals surface area contributed by atoms with Crippen molar-refractivity contribution in [1.82, 2.24) is 15.6 Å². The third kappa shape index (κ3) is 5.90. The molecular formula is C23H22ClN3O2. The SMILES string of the molecule is CC(NC(=O)C(Cc1ccccc1)NC(=O)c1ccc(Cl)cc1)c1ccncc1. The molecule has 2 amide bonds. The summed E-state index contributed by atoms with van der Waals surface area (Å²) in [6, 6.07) is 18.9. The second-order valence-electron chi connectivity index (χ2n) is 6.73. The van der Waals surface area contributed by atoms with E-state index in [4.69, 9.17) is 11.6 Å². The van der Waals surface area contributed by atoms with Gasteiger partial charge in [0.05, 0.1) is 6.04 Å². The summed E-state index contributed by atoms with van der Waals surface area (Å²) in [5.74, 6) is -0.574. The van der Waals surface area contributed by atoms with E-state index < -0.39 is 6.04 Å². The summed E-state index contributed by atoms with van der Waals surface area (Å²) in [5, 5.41) is 6.38. The number of carbonyl (C=O) groups is 2. The first-order valence-electron chi connectivity index (χ1n) is 9.33. The number of rotatable bonds is 7. The van der Waals surface area contributed by atoms with Gasteiger partial charge >= 0.3 is 0 Å². The monoisotopic (exact) mass is 407 g/mol. The highest BCUT2D eigenvalue weighted by atomic mass is 35.5. The van der Waals surface area contributed by atoms with Gasteiger partial charge in [-0.05, 0) is 54.4 Å². The highest BCUT2D eigenvalue weighted by molar-refractivity contribution is 6.30. The first-order chi connectivity index (χ1) is 14.0. The molecule has 0 aliphatic heterocycles. The molecule has 0 saturated carbocycles. The summed E-state index contributed by atoms with van der Waals surface area (Å²) >= 11 is 5.90. The summed E-state index contributed by atoms with van der Waals surface area (Å²) in [6.07, 6.45) is 3.75. The lowest BCUT2D eigenvalue weighted by Crippen LogP contribution is -2.48. The largest absolute Gasteiger partial charge is 0.348 e. The van der Waals surface area contributed by atoms with Crippen molar-refractivity contribution in [2.75, 3.05) is 0 Å². The fourth-order valence-corrected chi connectivity index (χ4v) is 3.08. The Balaban J connectivity index is 1.75. The van der Waals surface area contributed by atoms with Gasteiger partial charge in [0, 0.05) is 29.4 Å². The number of halogens is 1. The van der Waals surface area contributed by atoms with E-state index in [0.29, 0.717) is 17.0 Å². The van der Waals surface area contributed by atoms with Crippen LogP contribution in [-0.4, -0.2) is 22.8 Å². The van der Waals surface area contributed by atoms with Crippen molar-refractivity contribution >= 4 is 23.4 Å². The molecule has 3 aromatic rings. The Hall–Kier alpha value is -3.18. The van der Waals surface area contributed by atoms with E-state index in [9.17, 15) is 9.59 Å². The molecule has 0 saturated heterocycles. The van der Waals surface area contributed by atoms with E-state index >= 15 is 0 Å². The Kier molecular flexibility index (Phi) is 6.98. The molecule has 2 aromatic carbocycles. The Bertz CT molecular complexity index is 947. The number of aromatic nitrogens is 1. The molecule has 0 bridgehead atoms. The van der Waals surface area contributed by atoms with Crippen LogP contribution in [0.2, 0.25) is 5.02 Å². The van der Waals surface area contributed by atoms with Crippen molar-refractivity contribution in [2.45, 2.75) is 25.4 Å². The van der Waals surface area contributed by atoms with E-state index in [1.165, 1.54) is 0 Å². The maximum atomic E-state index is 13.0. The van der Waals surface area contributed by atoms with Crippen LogP contribution in [0.4, 0.5) is 0 Å². The van der Waals surface area contributed by atoms with Gasteiger partial charge in [-0.15, -0.1) is 0 Å². The maximum absolute atomic E-state index is 13.0. The zero-order valence-electron chi connectivity index (χ0n) is 16.0. The van der Waals surface area contributed by atoms with Gasteiger partial charge in [-0.2, -0.15) is 0 Å². The Morgan fingerprint density at radius 3 is 2.24 bits per heavy atom. The topological polar surface area (TPSA) is 71.1 Å². The van der Waals surface area contributed by atoms with Crippen molar-refractivity contribution in [3.05, 3.63) is 101 Å². The number of amides is 2. The average molecular weight is 408 g/mol. The van der Waals surface area contributed by atoms with Crippen molar-refractivity contribution in [2.24, 2.45) is 0 Å². The Morgan fingerprint density at radius 2 is 1.59 bits per heavy atom. The van der Waals surface area contributed by atoms with Crippen LogP contribution in [0.5, 0.6) is 0 Å². The molecule has 0 fully saturated rings. The van der Waals surface area contributed by atoms with Gasteiger partial charge in [0.25, 0.3) is 5.91 Å². The predicted octanol–water partition coefficient (Wildman–Crippen LogP) is 3.95. The number of nitrogens with one attached hydrogen (secondary N) is 2. The molecule has 1 heterocycles. The standard InChI is InChI=1S/C23H22ClN3O2/c1-16(18-11-13-25-14-12-18)26-23(29)21(15-17-5-3-2-4-6-17)27-22(28)19-7-9-20(24)10-8-19/h2-14,16,21H,15H2,1H3,(H,26,29)(H,27,28). The molecule has 1 aromatic heterocycles. The highest BCUT2D eigenvalue weighted by Crippen LogP contribution is 2.13. The molecule has 2 atom stereocenters. The molecular weight excluding hydrogens is 386 g/mol. The van der Waals surface area contributed by atoms with Crippen LogP contribution in [0.25, 0.3) is 0 Å². The predicted molar refractivity (Wildman–Crippen MR) is 114 cm³/mol. The Labute approximate surface area is 175 Å². The van der Waals surface area contributed by atoms with E-state index in [2.05, 4.69) is 15.6 Å². The minimum atomic E-state index is -0.718. The average Bonchev–Trinajstić information content (AvgIpc) is 2.75. The highest BCUT2D eigenvalue weighted by Gasteiger charge is 2.23. The third-order valence-electron chi connectivity index (χ3n) is 4.58. The van der Waals surface area contributed by atoms with Gasteiger partial charge in [-0.25, -0.2) is 0 Å². The summed E-state index contributed by atoms with van der Waals surface area (Å²) in [7, 11) is 0. The van der Waals surface area contributed by atoms with Gasteiger partial charge in [-0.1, -0.05) is 41.9 Å². The number of nitrogens with zero attached hydrogens (tertiary/aromatic N) is 1. The van der Waals surface area contributed by atoms with Crippen molar-refractivity contribution < 1.29 is 9.59 Å². The van der Waals surface area contributed by atoms with Gasteiger partial charge in [0.1, 0.15) is 6.04 Å². The lowest BCUT2D eigenvalue weighted by Gasteiger charge is -2.22. The molecule has 29 heavy (non-hydrogen) atoms. The molecule has 0 radical (unpaired) electrons. The lowest BCUT2D eigenvalue weighted by molar-refractivity contribution is -0.123. The van der Waals surface area contributed by atoms with Crippen LogP contribution in [0.1, 0.15) is 34.5 Å². The Morgan fingerprint density at radius 1 is 0.931 bits per heavy atom. The third-order valence-corrected chi connectivity index (χ3v) is 4.83. The summed E-state index contributed by atoms with van der Waals surface area (Å²) in [5.41, 5.74) is 2.35. The van der Waals surface area contributed by atoms with Gasteiger partial charge in [0.15, 0.2) is 0 Å². The van der Waals surface area contributed by atoms with Crippen molar-refractivity contribution in [3.8, 4) is 0 Å². The van der Waals surface area contributed by atoms with Crippen molar-refractivity contribution in [3.63, 3.8) is 0 Å². The second kappa shape index (κ2) is 9.85. The molecule has 5 nitrogen and oxygen atoms in total. The van der Waals surface area contributed by atoms with Gasteiger partial charge in [-0.3, -0.25) is 14.6 Å². The summed E-state index contributed by atoms with van der Waals surface area (Å²) in [6.45, 7) is 1.90. The summed E-state index contributed by atoms with van der Waals surface area (Å²) < 4.78 is 0. The van der Waals surface area contributed by atoms with Gasteiger partial charge in [0.2, 0.25) is 5.91 Å². The van der Waals surface area contributed by atoms with E-state index in [1.54, 1.807) is 36.7 Å². The molecule has 0 spiro atoms. The number of benzene rings is 2. The maximum Gasteiger partial charge on any atom is 0.251 e. The van der Waals surface area contributed by atoms with E-state index in [0.717, 1.165) is 11.1 Å². The molecule has 2 N–H and O–H groups in total. The number of hydrogen-bond donors (Lipinski definition) is 2. The zero-order chi connectivity index (χ0) is 20.6.